The van der Waals surface area contributed by atoms with Crippen molar-refractivity contribution >= 4 is 27.5 Å². The molecule has 3 aromatic rings. The molecule has 0 fully saturated rings. The van der Waals surface area contributed by atoms with E-state index < -0.39 is 5.97 Å². The second kappa shape index (κ2) is 4.72. The number of carboxylic acids is 1. The first kappa shape index (κ1) is 12.8. The van der Waals surface area contributed by atoms with Crippen LogP contribution in [0.2, 0.25) is 0 Å². The Morgan fingerprint density at radius 3 is 2.45 bits per heavy atom. The van der Waals surface area contributed by atoms with Crippen LogP contribution in [-0.4, -0.2) is 16.1 Å². The fourth-order valence-electron chi connectivity index (χ4n) is 2.23. The maximum Gasteiger partial charge on any atom is 0.346 e. The number of nitrogens with zero attached hydrogens (tertiary/aromatic N) is 1. The molecule has 4 heteroatoms. The van der Waals surface area contributed by atoms with Crippen molar-refractivity contribution in [2.24, 2.45) is 0 Å². The first-order valence-electron chi connectivity index (χ1n) is 6.27. The van der Waals surface area contributed by atoms with Gasteiger partial charge in [0.1, 0.15) is 9.71 Å². The molecule has 0 radical (unpaired) electrons. The minimum absolute atomic E-state index is 0.349. The maximum absolute atomic E-state index is 11.5. The zero-order valence-electron chi connectivity index (χ0n) is 11.2. The lowest BCUT2D eigenvalue weighted by Crippen LogP contribution is -1.94. The summed E-state index contributed by atoms with van der Waals surface area (Å²) < 4.78 is 0. The predicted octanol–water partition coefficient (Wildman–Crippen LogP) is 4.28. The molecule has 3 nitrogen and oxygen atoms in total. The van der Waals surface area contributed by atoms with E-state index in [1.807, 2.05) is 50.2 Å². The highest BCUT2D eigenvalue weighted by Crippen LogP contribution is 2.38. The second-order valence-corrected chi connectivity index (χ2v) is 5.78. The summed E-state index contributed by atoms with van der Waals surface area (Å²) >= 11 is 1.23. The van der Waals surface area contributed by atoms with Gasteiger partial charge in [0.25, 0.3) is 0 Å². The molecule has 3 rings (SSSR count). The standard InChI is InChI=1S/C16H13NO2S/c1-9-3-6-11(7-4-9)13-12-8-5-10(2)17-15(12)20-14(13)16(18)19/h3-8H,1-2H3,(H,18,19). The molecule has 20 heavy (non-hydrogen) atoms. The van der Waals surface area contributed by atoms with Gasteiger partial charge in [0, 0.05) is 16.6 Å². The third-order valence-corrected chi connectivity index (χ3v) is 4.32. The van der Waals surface area contributed by atoms with Crippen LogP contribution in [0.5, 0.6) is 0 Å². The number of carbonyl (C=O) groups is 1. The summed E-state index contributed by atoms with van der Waals surface area (Å²) in [5.41, 5.74) is 3.74. The molecule has 0 unspecified atom stereocenters. The van der Waals surface area contributed by atoms with Crippen LogP contribution < -0.4 is 0 Å². The predicted molar refractivity (Wildman–Crippen MR) is 81.5 cm³/mol. The average molecular weight is 283 g/mol. The van der Waals surface area contributed by atoms with E-state index in [9.17, 15) is 9.90 Å². The van der Waals surface area contributed by atoms with Gasteiger partial charge in [-0.25, -0.2) is 9.78 Å². The number of fused-ring (bicyclic) bond motifs is 1. The third kappa shape index (κ3) is 2.08. The largest absolute Gasteiger partial charge is 0.477 e. The fourth-order valence-corrected chi connectivity index (χ4v) is 3.31. The molecule has 1 aromatic carbocycles. The molecule has 0 aliphatic heterocycles. The quantitative estimate of drug-likeness (QED) is 0.763. The molecular weight excluding hydrogens is 270 g/mol. The van der Waals surface area contributed by atoms with Crippen molar-refractivity contribution in [1.82, 2.24) is 4.98 Å². The highest BCUT2D eigenvalue weighted by atomic mass is 32.1. The van der Waals surface area contributed by atoms with Crippen LogP contribution in [0.25, 0.3) is 21.3 Å². The number of aromatic nitrogens is 1. The number of rotatable bonds is 2. The van der Waals surface area contributed by atoms with Crippen LogP contribution in [0, 0.1) is 13.8 Å². The Balaban J connectivity index is 2.34. The molecule has 0 spiro atoms. The highest BCUT2D eigenvalue weighted by Gasteiger charge is 2.19. The van der Waals surface area contributed by atoms with E-state index in [0.717, 1.165) is 32.6 Å². The number of aromatic carboxylic acids is 1. The Morgan fingerprint density at radius 2 is 1.80 bits per heavy atom. The lowest BCUT2D eigenvalue weighted by molar-refractivity contribution is 0.0703. The van der Waals surface area contributed by atoms with Crippen molar-refractivity contribution < 1.29 is 9.90 Å². The summed E-state index contributed by atoms with van der Waals surface area (Å²) in [5, 5.41) is 10.3. The minimum atomic E-state index is -0.902. The van der Waals surface area contributed by atoms with Crippen molar-refractivity contribution in [1.29, 1.82) is 0 Å². The van der Waals surface area contributed by atoms with Gasteiger partial charge >= 0.3 is 5.97 Å². The van der Waals surface area contributed by atoms with E-state index in [1.165, 1.54) is 11.3 Å². The van der Waals surface area contributed by atoms with Crippen molar-refractivity contribution in [3.63, 3.8) is 0 Å². The molecule has 0 aliphatic rings. The van der Waals surface area contributed by atoms with Gasteiger partial charge in [0.2, 0.25) is 0 Å². The molecule has 0 aliphatic carbocycles. The van der Waals surface area contributed by atoms with Gasteiger partial charge in [-0.2, -0.15) is 0 Å². The van der Waals surface area contributed by atoms with E-state index in [2.05, 4.69) is 4.98 Å². The maximum atomic E-state index is 11.5. The van der Waals surface area contributed by atoms with Crippen LogP contribution in [0.15, 0.2) is 36.4 Å². The number of hydrogen-bond donors (Lipinski definition) is 1. The Bertz CT molecular complexity index is 803. The molecule has 1 N–H and O–H groups in total. The number of hydrogen-bond acceptors (Lipinski definition) is 3. The smallest absolute Gasteiger partial charge is 0.346 e. The van der Waals surface area contributed by atoms with Crippen LogP contribution in [0.1, 0.15) is 20.9 Å². The summed E-state index contributed by atoms with van der Waals surface area (Å²) in [4.78, 5) is 17.1. The van der Waals surface area contributed by atoms with E-state index in [0.29, 0.717) is 4.88 Å². The molecule has 100 valence electrons. The van der Waals surface area contributed by atoms with Crippen molar-refractivity contribution in [2.75, 3.05) is 0 Å². The first-order chi connectivity index (χ1) is 9.56. The van der Waals surface area contributed by atoms with Gasteiger partial charge in [0.05, 0.1) is 0 Å². The molecule has 2 heterocycles. The Labute approximate surface area is 120 Å². The molecule has 0 atom stereocenters. The van der Waals surface area contributed by atoms with Gasteiger partial charge in [-0.15, -0.1) is 11.3 Å². The molecule has 0 saturated heterocycles. The number of pyridine rings is 1. The molecule has 0 saturated carbocycles. The average Bonchev–Trinajstić information content (AvgIpc) is 2.78. The Morgan fingerprint density at radius 1 is 1.10 bits per heavy atom. The summed E-state index contributed by atoms with van der Waals surface area (Å²) in [6.07, 6.45) is 0. The number of thiophene rings is 1. The Hall–Kier alpha value is -2.20. The Kier molecular flexibility index (Phi) is 3.03. The van der Waals surface area contributed by atoms with Crippen molar-refractivity contribution in [3.8, 4) is 11.1 Å². The highest BCUT2D eigenvalue weighted by molar-refractivity contribution is 7.21. The summed E-state index contributed by atoms with van der Waals surface area (Å²) in [6, 6.07) is 11.8. The van der Waals surface area contributed by atoms with Crippen LogP contribution >= 0.6 is 11.3 Å². The van der Waals surface area contributed by atoms with Gasteiger partial charge in [0.15, 0.2) is 0 Å². The van der Waals surface area contributed by atoms with E-state index >= 15 is 0 Å². The number of benzene rings is 1. The summed E-state index contributed by atoms with van der Waals surface area (Å²) in [6.45, 7) is 3.92. The lowest BCUT2D eigenvalue weighted by atomic mass is 10.0. The third-order valence-electron chi connectivity index (χ3n) is 3.23. The SMILES string of the molecule is Cc1ccc(-c2c(C(=O)O)sc3nc(C)ccc23)cc1. The number of carboxylic acid groups (broad SMARTS) is 1. The van der Waals surface area contributed by atoms with Crippen LogP contribution in [-0.2, 0) is 0 Å². The molecule has 2 aromatic heterocycles. The van der Waals surface area contributed by atoms with Gasteiger partial charge < -0.3 is 5.11 Å². The lowest BCUT2D eigenvalue weighted by Gasteiger charge is -2.03. The van der Waals surface area contributed by atoms with Crippen LogP contribution in [0.4, 0.5) is 0 Å². The van der Waals surface area contributed by atoms with E-state index in [1.54, 1.807) is 0 Å². The zero-order chi connectivity index (χ0) is 14.3. The second-order valence-electron chi connectivity index (χ2n) is 4.78. The van der Waals surface area contributed by atoms with Crippen molar-refractivity contribution in [2.45, 2.75) is 13.8 Å². The van der Waals surface area contributed by atoms with Gasteiger partial charge in [-0.3, -0.25) is 0 Å². The summed E-state index contributed by atoms with van der Waals surface area (Å²) in [7, 11) is 0. The fraction of sp³-hybridized carbons (Fsp3) is 0.125. The summed E-state index contributed by atoms with van der Waals surface area (Å²) in [5.74, 6) is -0.902. The van der Waals surface area contributed by atoms with Crippen LogP contribution in [0.3, 0.4) is 0 Å². The molecule has 0 bridgehead atoms. The topological polar surface area (TPSA) is 50.2 Å². The normalized spacial score (nSPS) is 10.9. The molecule has 0 amide bonds. The van der Waals surface area contributed by atoms with Crippen molar-refractivity contribution in [3.05, 3.63) is 52.5 Å². The van der Waals surface area contributed by atoms with E-state index in [-0.39, 0.29) is 0 Å². The first-order valence-corrected chi connectivity index (χ1v) is 7.08. The minimum Gasteiger partial charge on any atom is -0.477 e. The zero-order valence-corrected chi connectivity index (χ0v) is 12.0. The molecular formula is C16H13NO2S. The number of aryl methyl sites for hydroxylation is 2. The van der Waals surface area contributed by atoms with Gasteiger partial charge in [-0.1, -0.05) is 29.8 Å². The van der Waals surface area contributed by atoms with E-state index in [4.69, 9.17) is 0 Å². The monoisotopic (exact) mass is 283 g/mol. The van der Waals surface area contributed by atoms with Gasteiger partial charge in [-0.05, 0) is 31.5 Å².